The van der Waals surface area contributed by atoms with Gasteiger partial charge in [0.05, 0.1) is 17.4 Å². The van der Waals surface area contributed by atoms with Crippen molar-refractivity contribution in [2.24, 2.45) is 5.92 Å². The van der Waals surface area contributed by atoms with Crippen molar-refractivity contribution in [3.05, 3.63) is 60.6 Å². The number of aromatic nitrogens is 5. The molecule has 1 N–H and O–H groups in total. The zero-order valence-corrected chi connectivity index (χ0v) is 16.2. The molecule has 1 amide bonds. The zero-order valence-electron chi connectivity index (χ0n) is 16.2. The van der Waals surface area contributed by atoms with Crippen LogP contribution in [-0.2, 0) is 17.9 Å². The van der Waals surface area contributed by atoms with Crippen molar-refractivity contribution in [1.82, 2.24) is 24.5 Å². The summed E-state index contributed by atoms with van der Waals surface area (Å²) in [6.07, 6.45) is 7.86. The van der Waals surface area contributed by atoms with Gasteiger partial charge < -0.3 is 5.32 Å². The maximum atomic E-state index is 12.6. The number of nitrogens with zero attached hydrogens (tertiary/aromatic N) is 5. The fourth-order valence-corrected chi connectivity index (χ4v) is 3.50. The minimum absolute atomic E-state index is 0.121. The number of hydrogen-bond acceptors (Lipinski definition) is 4. The number of carbonyl (C=O) groups is 1. The summed E-state index contributed by atoms with van der Waals surface area (Å²) < 4.78 is 3.64. The second kappa shape index (κ2) is 7.16. The second-order valence-corrected chi connectivity index (χ2v) is 7.68. The number of aryl methyl sites for hydroxylation is 1. The molecule has 0 unspecified atom stereocenters. The van der Waals surface area contributed by atoms with Gasteiger partial charge in [-0.15, -0.1) is 0 Å². The fraction of sp³-hybridized carbons (Fsp3) is 0.273. The van der Waals surface area contributed by atoms with Crippen LogP contribution in [0.1, 0.15) is 18.4 Å². The summed E-state index contributed by atoms with van der Waals surface area (Å²) in [5, 5.41) is 12.9. The zero-order chi connectivity index (χ0) is 19.8. The Balaban J connectivity index is 1.32. The van der Waals surface area contributed by atoms with Crippen molar-refractivity contribution in [3.63, 3.8) is 0 Å². The lowest BCUT2D eigenvalue weighted by atomic mass is 10.2. The fourth-order valence-electron chi connectivity index (χ4n) is 3.50. The maximum absolute atomic E-state index is 12.6. The van der Waals surface area contributed by atoms with Crippen LogP contribution in [0.3, 0.4) is 0 Å². The van der Waals surface area contributed by atoms with Gasteiger partial charge in [-0.3, -0.25) is 19.1 Å². The van der Waals surface area contributed by atoms with Gasteiger partial charge in [-0.1, -0.05) is 12.1 Å². The highest BCUT2D eigenvalue weighted by atomic mass is 16.2. The number of amides is 1. The highest BCUT2D eigenvalue weighted by Crippen LogP contribution is 2.32. The van der Waals surface area contributed by atoms with Crippen LogP contribution in [0.2, 0.25) is 0 Å². The van der Waals surface area contributed by atoms with Crippen molar-refractivity contribution < 1.29 is 4.79 Å². The van der Waals surface area contributed by atoms with Gasteiger partial charge >= 0.3 is 0 Å². The Kier molecular flexibility index (Phi) is 4.35. The average Bonchev–Trinajstić information content (AvgIpc) is 3.30. The largest absolute Gasteiger partial charge is 0.307 e. The highest BCUT2D eigenvalue weighted by molar-refractivity contribution is 5.99. The molecular formula is C22H22N6O. The van der Waals surface area contributed by atoms with E-state index in [4.69, 9.17) is 0 Å². The van der Waals surface area contributed by atoms with E-state index in [0.717, 1.165) is 34.3 Å². The smallest absolute Gasteiger partial charge is 0.247 e. The first kappa shape index (κ1) is 17.6. The Morgan fingerprint density at radius 1 is 1.24 bits per heavy atom. The molecule has 0 saturated heterocycles. The highest BCUT2D eigenvalue weighted by Gasteiger charge is 2.24. The number of fused-ring (bicyclic) bond motifs is 1. The molecule has 1 saturated carbocycles. The summed E-state index contributed by atoms with van der Waals surface area (Å²) in [5.74, 6) is 1.16. The average molecular weight is 386 g/mol. The van der Waals surface area contributed by atoms with Gasteiger partial charge in [-0.05, 0) is 55.5 Å². The number of anilines is 1. The predicted octanol–water partition coefficient (Wildman–Crippen LogP) is 3.65. The van der Waals surface area contributed by atoms with Crippen LogP contribution < -0.4 is 5.32 Å². The molecule has 1 aromatic carbocycles. The van der Waals surface area contributed by atoms with E-state index < -0.39 is 0 Å². The Bertz CT molecular complexity index is 1190. The molecular weight excluding hydrogens is 364 g/mol. The molecule has 7 heteroatoms. The number of benzene rings is 1. The molecule has 0 atom stereocenters. The quantitative estimate of drug-likeness (QED) is 0.549. The summed E-state index contributed by atoms with van der Waals surface area (Å²) >= 11 is 0. The van der Waals surface area contributed by atoms with Crippen molar-refractivity contribution in [2.75, 3.05) is 5.32 Å². The number of para-hydroxylation sites is 1. The molecule has 0 bridgehead atoms. The molecule has 0 spiro atoms. The van der Waals surface area contributed by atoms with Crippen LogP contribution in [0.4, 0.5) is 5.82 Å². The van der Waals surface area contributed by atoms with E-state index in [2.05, 4.69) is 26.6 Å². The second-order valence-electron chi connectivity index (χ2n) is 7.68. The third-order valence-electron chi connectivity index (χ3n) is 5.19. The standard InChI is InChI=1S/C22H22N6O/c1-15-8-9-23-19(10-15)17-11-24-27(13-17)14-21(29)25-22-18-4-2-3-5-20(18)28(26-22)12-16-6-7-16/h2-5,8-11,13,16H,6-7,12,14H2,1H3,(H,25,26,29). The number of hydrogen-bond donors (Lipinski definition) is 1. The molecule has 7 nitrogen and oxygen atoms in total. The molecule has 3 aromatic heterocycles. The molecule has 4 aromatic rings. The van der Waals surface area contributed by atoms with E-state index in [-0.39, 0.29) is 12.5 Å². The van der Waals surface area contributed by atoms with Crippen LogP contribution in [0.15, 0.2) is 55.0 Å². The van der Waals surface area contributed by atoms with E-state index in [0.29, 0.717) is 11.7 Å². The summed E-state index contributed by atoms with van der Waals surface area (Å²) in [4.78, 5) is 17.0. The Morgan fingerprint density at radius 3 is 2.93 bits per heavy atom. The molecule has 3 heterocycles. The summed E-state index contributed by atoms with van der Waals surface area (Å²) in [5.41, 5.74) is 3.93. The Hall–Kier alpha value is -3.48. The van der Waals surface area contributed by atoms with E-state index in [9.17, 15) is 4.79 Å². The van der Waals surface area contributed by atoms with Crippen molar-refractivity contribution in [2.45, 2.75) is 32.9 Å². The van der Waals surface area contributed by atoms with Crippen molar-refractivity contribution >= 4 is 22.6 Å². The SMILES string of the molecule is Cc1ccnc(-c2cnn(CC(=O)Nc3nn(CC4CC4)c4ccccc34)c2)c1. The van der Waals surface area contributed by atoms with Crippen LogP contribution in [0, 0.1) is 12.8 Å². The van der Waals surface area contributed by atoms with Crippen molar-refractivity contribution in [1.29, 1.82) is 0 Å². The van der Waals surface area contributed by atoms with E-state index in [1.165, 1.54) is 12.8 Å². The van der Waals surface area contributed by atoms with E-state index in [1.54, 1.807) is 17.1 Å². The Morgan fingerprint density at radius 2 is 2.10 bits per heavy atom. The number of rotatable bonds is 6. The molecule has 1 aliphatic carbocycles. The first-order chi connectivity index (χ1) is 14.2. The lowest BCUT2D eigenvalue weighted by Crippen LogP contribution is -2.19. The molecule has 0 aliphatic heterocycles. The molecule has 1 aliphatic rings. The molecule has 146 valence electrons. The molecule has 5 rings (SSSR count). The van der Waals surface area contributed by atoms with Gasteiger partial charge in [0, 0.05) is 29.9 Å². The lowest BCUT2D eigenvalue weighted by Gasteiger charge is -2.03. The van der Waals surface area contributed by atoms with Crippen LogP contribution >= 0.6 is 0 Å². The van der Waals surface area contributed by atoms with Crippen LogP contribution in [-0.4, -0.2) is 30.5 Å². The number of nitrogens with one attached hydrogen (secondary N) is 1. The molecule has 1 fully saturated rings. The van der Waals surface area contributed by atoms with E-state index in [1.807, 2.05) is 48.1 Å². The van der Waals surface area contributed by atoms with Gasteiger partial charge in [0.15, 0.2) is 5.82 Å². The van der Waals surface area contributed by atoms with Gasteiger partial charge in [-0.25, -0.2) is 0 Å². The summed E-state index contributed by atoms with van der Waals surface area (Å²) in [6.45, 7) is 3.05. The number of carbonyl (C=O) groups excluding carboxylic acids is 1. The Labute approximate surface area is 168 Å². The van der Waals surface area contributed by atoms with Crippen molar-refractivity contribution in [3.8, 4) is 11.3 Å². The monoisotopic (exact) mass is 386 g/mol. The third kappa shape index (κ3) is 3.76. The number of pyridine rings is 1. The molecule has 29 heavy (non-hydrogen) atoms. The third-order valence-corrected chi connectivity index (χ3v) is 5.19. The minimum Gasteiger partial charge on any atom is -0.307 e. The summed E-state index contributed by atoms with van der Waals surface area (Å²) in [6, 6.07) is 12.0. The van der Waals surface area contributed by atoms with Gasteiger partial charge in [0.25, 0.3) is 0 Å². The van der Waals surface area contributed by atoms with E-state index >= 15 is 0 Å². The van der Waals surface area contributed by atoms with Gasteiger partial charge in [0.2, 0.25) is 5.91 Å². The predicted molar refractivity (Wildman–Crippen MR) is 111 cm³/mol. The normalized spacial score (nSPS) is 13.7. The summed E-state index contributed by atoms with van der Waals surface area (Å²) in [7, 11) is 0. The lowest BCUT2D eigenvalue weighted by molar-refractivity contribution is -0.116. The van der Waals surface area contributed by atoms with Gasteiger partial charge in [0.1, 0.15) is 6.54 Å². The minimum atomic E-state index is -0.154. The molecule has 0 radical (unpaired) electrons. The van der Waals surface area contributed by atoms with Crippen LogP contribution in [0.25, 0.3) is 22.2 Å². The first-order valence-corrected chi connectivity index (χ1v) is 9.86. The first-order valence-electron chi connectivity index (χ1n) is 9.86. The van der Waals surface area contributed by atoms with Crippen LogP contribution in [0.5, 0.6) is 0 Å². The maximum Gasteiger partial charge on any atom is 0.247 e. The van der Waals surface area contributed by atoms with Gasteiger partial charge in [-0.2, -0.15) is 10.2 Å². The topological polar surface area (TPSA) is 77.6 Å².